The Morgan fingerprint density at radius 2 is 1.90 bits per heavy atom. The fraction of sp³-hybridized carbons (Fsp3) is 0.438. The van der Waals surface area contributed by atoms with Crippen molar-refractivity contribution in [1.29, 1.82) is 0 Å². The average molecular weight is 451 g/mol. The van der Waals surface area contributed by atoms with Crippen LogP contribution in [-0.2, 0) is 28.0 Å². The molecule has 0 spiro atoms. The van der Waals surface area contributed by atoms with Gasteiger partial charge in [-0.15, -0.1) is 10.2 Å². The summed E-state index contributed by atoms with van der Waals surface area (Å²) in [6.07, 6.45) is -4.65. The number of hydrogen-bond acceptors (Lipinski definition) is 6. The quantitative estimate of drug-likeness (QED) is 0.678. The molecule has 1 N–H and O–H groups in total. The summed E-state index contributed by atoms with van der Waals surface area (Å²) in [5.41, 5.74) is 0.922. The fourth-order valence-electron chi connectivity index (χ4n) is 2.22. The van der Waals surface area contributed by atoms with Gasteiger partial charge in [-0.25, -0.2) is 12.7 Å². The number of nitrogens with one attached hydrogen (secondary N) is 1. The van der Waals surface area contributed by atoms with E-state index in [0.29, 0.717) is 11.3 Å². The zero-order valence-electron chi connectivity index (χ0n) is 16.3. The number of thioether (sulfide) groups is 1. The van der Waals surface area contributed by atoms with Crippen LogP contribution < -0.4 is 5.32 Å². The number of nitrogens with zero attached hydrogens (tertiary/aromatic N) is 4. The lowest BCUT2D eigenvalue weighted by Crippen LogP contribution is -2.25. The molecule has 1 aromatic carbocycles. The zero-order valence-corrected chi connectivity index (χ0v) is 17.9. The first-order valence-corrected chi connectivity index (χ1v) is 10.5. The molecule has 1 heterocycles. The van der Waals surface area contributed by atoms with Gasteiger partial charge in [0.15, 0.2) is 5.16 Å². The lowest BCUT2D eigenvalue weighted by atomic mass is 10.2. The maximum absolute atomic E-state index is 12.8. The molecule has 0 saturated carbocycles. The topological polar surface area (TPSA) is 97.2 Å². The Morgan fingerprint density at radius 3 is 2.41 bits per heavy atom. The Kier molecular flexibility index (Phi) is 6.65. The summed E-state index contributed by atoms with van der Waals surface area (Å²) in [4.78, 5) is 12.5. The standard InChI is InChI=1S/C16H20F3N5O3S2/c1-9-6-7-11(29(26,27)23(3)4)8-12(9)20-13(25)10(2)28-15-22-21-14(24(15)5)16(17,18)19/h6-8,10H,1-5H3,(H,20,25). The zero-order chi connectivity index (χ0) is 22.1. The van der Waals surface area contributed by atoms with Crippen molar-refractivity contribution in [2.24, 2.45) is 7.05 Å². The molecule has 2 aromatic rings. The van der Waals surface area contributed by atoms with E-state index in [-0.39, 0.29) is 10.1 Å². The van der Waals surface area contributed by atoms with Crippen LogP contribution in [0.2, 0.25) is 0 Å². The minimum Gasteiger partial charge on any atom is -0.325 e. The third-order valence-electron chi connectivity index (χ3n) is 3.99. The Balaban J connectivity index is 2.19. The Morgan fingerprint density at radius 1 is 1.28 bits per heavy atom. The van der Waals surface area contributed by atoms with Crippen LogP contribution in [-0.4, -0.2) is 52.7 Å². The monoisotopic (exact) mass is 451 g/mol. The molecule has 0 bridgehead atoms. The van der Waals surface area contributed by atoms with Gasteiger partial charge in [0.05, 0.1) is 10.1 Å². The first-order valence-electron chi connectivity index (χ1n) is 8.22. The van der Waals surface area contributed by atoms with Crippen LogP contribution in [0.3, 0.4) is 0 Å². The largest absolute Gasteiger partial charge is 0.451 e. The van der Waals surface area contributed by atoms with Gasteiger partial charge in [0.1, 0.15) is 0 Å². The number of carbonyl (C=O) groups excluding carboxylic acids is 1. The first kappa shape index (κ1) is 23.2. The first-order chi connectivity index (χ1) is 13.2. The van der Waals surface area contributed by atoms with E-state index in [1.165, 1.54) is 33.2 Å². The minimum atomic E-state index is -4.65. The fourth-order valence-corrected chi connectivity index (χ4v) is 3.96. The number of benzene rings is 1. The molecular weight excluding hydrogens is 431 g/mol. The number of amides is 1. The van der Waals surface area contributed by atoms with Gasteiger partial charge in [-0.05, 0) is 31.5 Å². The highest BCUT2D eigenvalue weighted by molar-refractivity contribution is 8.00. The van der Waals surface area contributed by atoms with Crippen LogP contribution in [0, 0.1) is 6.92 Å². The molecule has 0 saturated heterocycles. The number of aryl methyl sites for hydroxylation is 1. The van der Waals surface area contributed by atoms with Crippen molar-refractivity contribution < 1.29 is 26.4 Å². The van der Waals surface area contributed by atoms with E-state index in [9.17, 15) is 26.4 Å². The van der Waals surface area contributed by atoms with Crippen LogP contribution in [0.5, 0.6) is 0 Å². The van der Waals surface area contributed by atoms with Gasteiger partial charge in [-0.1, -0.05) is 17.8 Å². The highest BCUT2D eigenvalue weighted by atomic mass is 32.2. The lowest BCUT2D eigenvalue weighted by molar-refractivity contribution is -0.147. The van der Waals surface area contributed by atoms with E-state index in [4.69, 9.17) is 0 Å². The smallest absolute Gasteiger partial charge is 0.325 e. The van der Waals surface area contributed by atoms with Crippen molar-refractivity contribution in [2.75, 3.05) is 19.4 Å². The maximum Gasteiger partial charge on any atom is 0.451 e. The normalized spacial score (nSPS) is 13.6. The van der Waals surface area contributed by atoms with Crippen LogP contribution in [0.15, 0.2) is 28.3 Å². The van der Waals surface area contributed by atoms with Gasteiger partial charge >= 0.3 is 6.18 Å². The van der Waals surface area contributed by atoms with Crippen LogP contribution in [0.25, 0.3) is 0 Å². The summed E-state index contributed by atoms with van der Waals surface area (Å²) in [6, 6.07) is 4.32. The molecule has 1 atom stereocenters. The molecule has 1 aromatic heterocycles. The highest BCUT2D eigenvalue weighted by Crippen LogP contribution is 2.31. The summed E-state index contributed by atoms with van der Waals surface area (Å²) in [6.45, 7) is 3.19. The number of alkyl halides is 3. The van der Waals surface area contributed by atoms with Gasteiger partial charge in [0.2, 0.25) is 21.8 Å². The average Bonchev–Trinajstić information content (AvgIpc) is 2.97. The summed E-state index contributed by atoms with van der Waals surface area (Å²) < 4.78 is 64.8. The Labute approximate surface area is 170 Å². The molecule has 2 rings (SSSR count). The molecule has 160 valence electrons. The second kappa shape index (κ2) is 8.32. The van der Waals surface area contributed by atoms with Gasteiger partial charge < -0.3 is 9.88 Å². The van der Waals surface area contributed by atoms with Crippen molar-refractivity contribution in [2.45, 2.75) is 35.3 Å². The maximum atomic E-state index is 12.8. The number of anilines is 1. The summed E-state index contributed by atoms with van der Waals surface area (Å²) >= 11 is 0.806. The van der Waals surface area contributed by atoms with Crippen molar-refractivity contribution in [3.8, 4) is 0 Å². The molecule has 1 amide bonds. The predicted octanol–water partition coefficient (Wildman–Crippen LogP) is 2.51. The van der Waals surface area contributed by atoms with Gasteiger partial charge in [-0.3, -0.25) is 4.79 Å². The number of hydrogen-bond donors (Lipinski definition) is 1. The third kappa shape index (κ3) is 5.08. The minimum absolute atomic E-state index is 0.00632. The van der Waals surface area contributed by atoms with E-state index < -0.39 is 33.2 Å². The van der Waals surface area contributed by atoms with Crippen LogP contribution in [0.1, 0.15) is 18.3 Å². The van der Waals surface area contributed by atoms with Gasteiger partial charge in [0.25, 0.3) is 0 Å². The predicted molar refractivity (Wildman–Crippen MR) is 102 cm³/mol. The molecule has 0 aliphatic heterocycles. The summed E-state index contributed by atoms with van der Waals surface area (Å²) in [5.74, 6) is -1.68. The molecular formula is C16H20F3N5O3S2. The molecule has 0 aliphatic carbocycles. The summed E-state index contributed by atoms with van der Waals surface area (Å²) in [5, 5.41) is 8.34. The van der Waals surface area contributed by atoms with Crippen LogP contribution in [0.4, 0.5) is 18.9 Å². The van der Waals surface area contributed by atoms with E-state index in [2.05, 4.69) is 15.5 Å². The SMILES string of the molecule is Cc1ccc(S(=O)(=O)N(C)C)cc1NC(=O)C(C)Sc1nnc(C(F)(F)F)n1C. The van der Waals surface area contributed by atoms with Crippen molar-refractivity contribution in [3.63, 3.8) is 0 Å². The van der Waals surface area contributed by atoms with E-state index in [0.717, 1.165) is 27.7 Å². The van der Waals surface area contributed by atoms with Crippen molar-refractivity contribution in [3.05, 3.63) is 29.6 Å². The number of carbonyl (C=O) groups is 1. The van der Waals surface area contributed by atoms with E-state index in [1.54, 1.807) is 13.0 Å². The second-order valence-electron chi connectivity index (χ2n) is 6.38. The lowest BCUT2D eigenvalue weighted by Gasteiger charge is -2.16. The van der Waals surface area contributed by atoms with Crippen molar-refractivity contribution in [1.82, 2.24) is 19.1 Å². The molecule has 0 fully saturated rings. The molecule has 0 aliphatic rings. The third-order valence-corrected chi connectivity index (χ3v) is 6.93. The van der Waals surface area contributed by atoms with E-state index >= 15 is 0 Å². The molecule has 8 nitrogen and oxygen atoms in total. The number of sulfonamides is 1. The Hall–Kier alpha value is -2.12. The number of aromatic nitrogens is 3. The number of halogens is 3. The molecule has 0 radical (unpaired) electrons. The van der Waals surface area contributed by atoms with Gasteiger partial charge in [0, 0.05) is 26.8 Å². The van der Waals surface area contributed by atoms with Crippen molar-refractivity contribution >= 4 is 33.4 Å². The molecule has 29 heavy (non-hydrogen) atoms. The second-order valence-corrected chi connectivity index (χ2v) is 9.84. The highest BCUT2D eigenvalue weighted by Gasteiger charge is 2.38. The number of rotatable bonds is 6. The van der Waals surface area contributed by atoms with Crippen LogP contribution >= 0.6 is 11.8 Å². The molecule has 1 unspecified atom stereocenters. The molecule has 13 heteroatoms. The Bertz CT molecular complexity index is 1020. The van der Waals surface area contributed by atoms with E-state index in [1.807, 2.05) is 0 Å². The van der Waals surface area contributed by atoms with Gasteiger partial charge in [-0.2, -0.15) is 13.2 Å². The summed E-state index contributed by atoms with van der Waals surface area (Å²) in [7, 11) is 0.256.